The van der Waals surface area contributed by atoms with Gasteiger partial charge in [-0.15, -0.1) is 12.4 Å². The molecular weight excluding hydrogens is 450 g/mol. The average Bonchev–Trinajstić information content (AvgIpc) is 2.93. The van der Waals surface area contributed by atoms with Crippen molar-refractivity contribution in [3.63, 3.8) is 0 Å². The Balaban J connectivity index is 0.00000225. The fourth-order valence-corrected chi connectivity index (χ4v) is 3.93. The van der Waals surface area contributed by atoms with E-state index in [0.717, 1.165) is 4.47 Å². The number of non-ortho nitro benzene ring substituents is 1. The molecule has 0 bridgehead atoms. The smallest absolute Gasteiger partial charge is 0.270 e. The summed E-state index contributed by atoms with van der Waals surface area (Å²) in [6.45, 7) is 0.717. The molecule has 1 aliphatic rings. The van der Waals surface area contributed by atoms with E-state index in [1.165, 1.54) is 22.8 Å². The Kier molecular flexibility index (Phi) is 5.38. The highest BCUT2D eigenvalue weighted by Gasteiger charge is 2.33. The summed E-state index contributed by atoms with van der Waals surface area (Å²) >= 11 is 3.38. The first kappa shape index (κ1) is 20.2. The van der Waals surface area contributed by atoms with Crippen LogP contribution >= 0.6 is 28.3 Å². The maximum Gasteiger partial charge on any atom is 0.270 e. The third-order valence-electron chi connectivity index (χ3n) is 4.76. The van der Waals surface area contributed by atoms with E-state index in [1.807, 2.05) is 6.07 Å². The van der Waals surface area contributed by atoms with Crippen LogP contribution in [0.1, 0.15) is 22.3 Å². The predicted octanol–water partition coefficient (Wildman–Crippen LogP) is 3.65. The van der Waals surface area contributed by atoms with Crippen molar-refractivity contribution in [1.29, 1.82) is 0 Å². The van der Waals surface area contributed by atoms with Gasteiger partial charge in [0.05, 0.1) is 21.6 Å². The Morgan fingerprint density at radius 1 is 1.07 bits per heavy atom. The monoisotopic (exact) mass is 463 g/mol. The van der Waals surface area contributed by atoms with Crippen molar-refractivity contribution in [2.24, 2.45) is 5.73 Å². The molecule has 0 unspecified atom stereocenters. The number of hydrogen-bond acceptors (Lipinski definition) is 5. The van der Waals surface area contributed by atoms with Crippen molar-refractivity contribution in [1.82, 2.24) is 4.57 Å². The number of hydrogen-bond donors (Lipinski definition) is 1. The third kappa shape index (κ3) is 2.94. The molecule has 2 aromatic carbocycles. The summed E-state index contributed by atoms with van der Waals surface area (Å²) in [6.07, 6.45) is 0.548. The second-order valence-corrected chi connectivity index (χ2v) is 7.24. The van der Waals surface area contributed by atoms with Crippen molar-refractivity contribution in [3.8, 4) is 11.3 Å². The molecule has 2 N–H and O–H groups in total. The molecule has 0 radical (unpaired) electrons. The van der Waals surface area contributed by atoms with Gasteiger partial charge < -0.3 is 10.3 Å². The standard InChI is InChI=1S/C19H14BrN3O4.ClH/c20-10-2-4-13-14(8-10)18(24)16-12-5-3-11(23(26)27)9-15(12)19(25)22(17(13)16)7-1-6-21;/h2-5,8-9H,1,6-7,21H2;1H. The molecule has 9 heteroatoms. The minimum atomic E-state index is -0.552. The number of pyridine rings is 1. The number of nitro benzene ring substituents is 1. The van der Waals surface area contributed by atoms with Gasteiger partial charge in [-0.05, 0) is 31.2 Å². The van der Waals surface area contributed by atoms with Crippen molar-refractivity contribution in [2.45, 2.75) is 13.0 Å². The van der Waals surface area contributed by atoms with E-state index in [0.29, 0.717) is 47.3 Å². The van der Waals surface area contributed by atoms with Crippen LogP contribution in [0.3, 0.4) is 0 Å². The molecule has 144 valence electrons. The quantitative estimate of drug-likeness (QED) is 0.366. The lowest BCUT2D eigenvalue weighted by Gasteiger charge is -2.14. The van der Waals surface area contributed by atoms with E-state index in [4.69, 9.17) is 5.73 Å². The van der Waals surface area contributed by atoms with Gasteiger partial charge in [0.1, 0.15) is 0 Å². The van der Waals surface area contributed by atoms with Crippen LogP contribution in [0.5, 0.6) is 0 Å². The topological polar surface area (TPSA) is 108 Å². The number of rotatable bonds is 4. The molecule has 0 amide bonds. The normalized spacial score (nSPS) is 11.9. The minimum Gasteiger partial charge on any atom is -0.330 e. The Labute approximate surface area is 173 Å². The van der Waals surface area contributed by atoms with Gasteiger partial charge in [-0.1, -0.05) is 22.0 Å². The van der Waals surface area contributed by atoms with Crippen molar-refractivity contribution in [3.05, 3.63) is 72.5 Å². The molecule has 0 spiro atoms. The van der Waals surface area contributed by atoms with Crippen molar-refractivity contribution >= 4 is 50.6 Å². The summed E-state index contributed by atoms with van der Waals surface area (Å²) in [4.78, 5) is 36.8. The number of nitro groups is 1. The molecule has 1 aromatic heterocycles. The number of aromatic nitrogens is 1. The van der Waals surface area contributed by atoms with Crippen molar-refractivity contribution < 1.29 is 9.72 Å². The van der Waals surface area contributed by atoms with Crippen LogP contribution in [0.4, 0.5) is 5.69 Å². The largest absolute Gasteiger partial charge is 0.330 e. The van der Waals surface area contributed by atoms with E-state index in [9.17, 15) is 19.7 Å². The van der Waals surface area contributed by atoms with E-state index in [-0.39, 0.29) is 34.8 Å². The second-order valence-electron chi connectivity index (χ2n) is 6.33. The van der Waals surface area contributed by atoms with E-state index in [2.05, 4.69) is 15.9 Å². The summed E-state index contributed by atoms with van der Waals surface area (Å²) in [5.74, 6) is -0.193. The zero-order chi connectivity index (χ0) is 19.3. The van der Waals surface area contributed by atoms with Gasteiger partial charge in [0.25, 0.3) is 11.2 Å². The lowest BCUT2D eigenvalue weighted by atomic mass is 10.0. The molecule has 0 fully saturated rings. The van der Waals surface area contributed by atoms with Crippen LogP contribution in [-0.2, 0) is 6.54 Å². The molecular formula is C19H15BrClN3O4. The predicted molar refractivity (Wildman–Crippen MR) is 112 cm³/mol. The number of carbonyl (C=O) groups is 1. The zero-order valence-electron chi connectivity index (χ0n) is 14.5. The number of carbonyl (C=O) groups excluding carboxylic acids is 1. The number of halogens is 2. The van der Waals surface area contributed by atoms with Crippen LogP contribution in [-0.4, -0.2) is 21.8 Å². The summed E-state index contributed by atoms with van der Waals surface area (Å²) in [5.41, 5.74) is 7.23. The number of benzene rings is 2. The van der Waals surface area contributed by atoms with Crippen LogP contribution in [0.15, 0.2) is 45.7 Å². The van der Waals surface area contributed by atoms with Gasteiger partial charge in [0.15, 0.2) is 5.78 Å². The van der Waals surface area contributed by atoms with Gasteiger partial charge in [-0.2, -0.15) is 0 Å². The minimum absolute atomic E-state index is 0. The first-order valence-electron chi connectivity index (χ1n) is 8.33. The van der Waals surface area contributed by atoms with E-state index < -0.39 is 4.92 Å². The van der Waals surface area contributed by atoms with E-state index in [1.54, 1.807) is 12.1 Å². The number of nitrogens with two attached hydrogens (primary N) is 1. The fraction of sp³-hybridized carbons (Fsp3) is 0.158. The Morgan fingerprint density at radius 3 is 2.50 bits per heavy atom. The first-order valence-corrected chi connectivity index (χ1v) is 9.13. The Bertz CT molecular complexity index is 1210. The molecule has 1 aliphatic carbocycles. The lowest BCUT2D eigenvalue weighted by molar-refractivity contribution is -0.384. The van der Waals surface area contributed by atoms with Gasteiger partial charge in [-0.25, -0.2) is 0 Å². The Morgan fingerprint density at radius 2 is 1.82 bits per heavy atom. The number of nitrogens with zero attached hydrogens (tertiary/aromatic N) is 2. The van der Waals surface area contributed by atoms with Crippen LogP contribution in [0.25, 0.3) is 22.0 Å². The molecule has 1 heterocycles. The maximum atomic E-state index is 13.1. The number of fused-ring (bicyclic) bond motifs is 5. The highest BCUT2D eigenvalue weighted by atomic mass is 79.9. The summed E-state index contributed by atoms with van der Waals surface area (Å²) in [5, 5.41) is 11.7. The highest BCUT2D eigenvalue weighted by Crippen LogP contribution is 2.40. The third-order valence-corrected chi connectivity index (χ3v) is 5.25. The average molecular weight is 465 g/mol. The van der Waals surface area contributed by atoms with Crippen LogP contribution < -0.4 is 11.3 Å². The van der Waals surface area contributed by atoms with Gasteiger partial charge in [0, 0.05) is 39.7 Å². The van der Waals surface area contributed by atoms with Gasteiger partial charge in [-0.3, -0.25) is 19.7 Å². The second kappa shape index (κ2) is 7.46. The molecule has 0 aliphatic heterocycles. The number of ketones is 1. The summed E-state index contributed by atoms with van der Waals surface area (Å²) in [7, 11) is 0. The van der Waals surface area contributed by atoms with Crippen molar-refractivity contribution in [2.75, 3.05) is 6.54 Å². The van der Waals surface area contributed by atoms with Crippen LogP contribution in [0.2, 0.25) is 0 Å². The molecule has 4 rings (SSSR count). The molecule has 28 heavy (non-hydrogen) atoms. The molecule has 0 atom stereocenters. The summed E-state index contributed by atoms with van der Waals surface area (Å²) in [6, 6.07) is 9.39. The molecule has 0 saturated carbocycles. The first-order chi connectivity index (χ1) is 12.9. The zero-order valence-corrected chi connectivity index (χ0v) is 16.9. The van der Waals surface area contributed by atoms with Crippen LogP contribution in [0, 0.1) is 10.1 Å². The van der Waals surface area contributed by atoms with E-state index >= 15 is 0 Å². The molecule has 0 saturated heterocycles. The molecule has 3 aromatic rings. The lowest BCUT2D eigenvalue weighted by Crippen LogP contribution is -2.24. The Hall–Kier alpha value is -2.55. The van der Waals surface area contributed by atoms with Gasteiger partial charge in [0.2, 0.25) is 0 Å². The highest BCUT2D eigenvalue weighted by molar-refractivity contribution is 9.10. The molecule has 7 nitrogen and oxygen atoms in total. The fourth-order valence-electron chi connectivity index (χ4n) is 3.57. The van der Waals surface area contributed by atoms with Gasteiger partial charge >= 0.3 is 0 Å². The SMILES string of the molecule is Cl.NCCCn1c2c(c3ccc([N+](=O)[O-])cc3c1=O)C(=O)c1cc(Br)ccc1-2. The maximum absolute atomic E-state index is 13.1. The summed E-state index contributed by atoms with van der Waals surface area (Å²) < 4.78 is 2.28.